The first-order valence-corrected chi connectivity index (χ1v) is 8.01. The van der Waals surface area contributed by atoms with Gasteiger partial charge in [0, 0.05) is 23.6 Å². The van der Waals surface area contributed by atoms with Gasteiger partial charge in [0.15, 0.2) is 0 Å². The summed E-state index contributed by atoms with van der Waals surface area (Å²) in [5.41, 5.74) is 0.988. The first-order chi connectivity index (χ1) is 10.6. The van der Waals surface area contributed by atoms with Crippen LogP contribution in [-0.4, -0.2) is 18.2 Å². The van der Waals surface area contributed by atoms with Crippen molar-refractivity contribution in [3.8, 4) is 0 Å². The van der Waals surface area contributed by atoms with Crippen LogP contribution in [0.15, 0.2) is 53.4 Å². The van der Waals surface area contributed by atoms with Crippen molar-refractivity contribution in [1.82, 2.24) is 5.32 Å². The van der Waals surface area contributed by atoms with Gasteiger partial charge in [-0.3, -0.25) is 4.79 Å². The van der Waals surface area contributed by atoms with Crippen LogP contribution in [0.2, 0.25) is 0 Å². The number of carbonyl (C=O) groups excluding carboxylic acids is 1. The molecule has 0 radical (unpaired) electrons. The van der Waals surface area contributed by atoms with Crippen LogP contribution in [0.4, 0.5) is 8.78 Å². The zero-order valence-corrected chi connectivity index (χ0v) is 12.8. The molecule has 0 aromatic heterocycles. The van der Waals surface area contributed by atoms with Crippen LogP contribution in [0.1, 0.15) is 12.0 Å². The molecule has 0 aliphatic heterocycles. The van der Waals surface area contributed by atoms with Crippen LogP contribution >= 0.6 is 11.8 Å². The van der Waals surface area contributed by atoms with Crippen LogP contribution in [0, 0.1) is 11.6 Å². The molecule has 2 aromatic rings. The summed E-state index contributed by atoms with van der Waals surface area (Å²) in [6.07, 6.45) is 1.09. The van der Waals surface area contributed by atoms with Gasteiger partial charge in [-0.1, -0.05) is 12.1 Å². The number of thioether (sulfide) groups is 1. The summed E-state index contributed by atoms with van der Waals surface area (Å²) in [5.74, 6) is 0.110. The van der Waals surface area contributed by atoms with E-state index in [1.54, 1.807) is 24.3 Å². The first-order valence-electron chi connectivity index (χ1n) is 7.03. The van der Waals surface area contributed by atoms with E-state index >= 15 is 0 Å². The van der Waals surface area contributed by atoms with Gasteiger partial charge in [0.2, 0.25) is 5.91 Å². The SMILES string of the molecule is O=C(CCSc1ccc(F)cc1)NCCc1ccc(F)cc1. The zero-order valence-electron chi connectivity index (χ0n) is 12.0. The predicted molar refractivity (Wildman–Crippen MR) is 84.9 cm³/mol. The number of nitrogens with one attached hydrogen (secondary N) is 1. The third-order valence-corrected chi connectivity index (χ3v) is 4.07. The standard InChI is InChI=1S/C17H17F2NOS/c18-14-3-1-13(2-4-14)9-11-20-17(21)10-12-22-16-7-5-15(19)6-8-16/h1-8H,9-12H2,(H,20,21). The van der Waals surface area contributed by atoms with Gasteiger partial charge in [-0.25, -0.2) is 8.78 Å². The molecule has 5 heteroatoms. The summed E-state index contributed by atoms with van der Waals surface area (Å²) in [5, 5.41) is 2.84. The number of hydrogen-bond donors (Lipinski definition) is 1. The largest absolute Gasteiger partial charge is 0.356 e. The molecular weight excluding hydrogens is 304 g/mol. The molecule has 116 valence electrons. The maximum atomic E-state index is 12.7. The average Bonchev–Trinajstić information content (AvgIpc) is 2.51. The third kappa shape index (κ3) is 5.85. The Hall–Kier alpha value is -1.88. The van der Waals surface area contributed by atoms with Crippen molar-refractivity contribution >= 4 is 17.7 Å². The van der Waals surface area contributed by atoms with Crippen molar-refractivity contribution in [2.24, 2.45) is 0 Å². The molecule has 0 atom stereocenters. The van der Waals surface area contributed by atoms with Gasteiger partial charge in [-0.15, -0.1) is 11.8 Å². The summed E-state index contributed by atoms with van der Waals surface area (Å²) in [6, 6.07) is 12.5. The van der Waals surface area contributed by atoms with Crippen molar-refractivity contribution in [3.63, 3.8) is 0 Å². The Labute approximate surface area is 132 Å². The Morgan fingerprint density at radius 3 is 2.18 bits per heavy atom. The molecule has 0 spiro atoms. The molecular formula is C17H17F2NOS. The van der Waals surface area contributed by atoms with Crippen molar-refractivity contribution in [1.29, 1.82) is 0 Å². The quantitative estimate of drug-likeness (QED) is 0.786. The smallest absolute Gasteiger partial charge is 0.220 e. The number of benzene rings is 2. The maximum Gasteiger partial charge on any atom is 0.220 e. The van der Waals surface area contributed by atoms with Crippen LogP contribution < -0.4 is 5.32 Å². The Bertz CT molecular complexity index is 546. The van der Waals surface area contributed by atoms with Crippen molar-refractivity contribution < 1.29 is 13.6 Å². The minimum Gasteiger partial charge on any atom is -0.356 e. The van der Waals surface area contributed by atoms with E-state index < -0.39 is 0 Å². The fourth-order valence-electron chi connectivity index (χ4n) is 1.88. The second-order valence-electron chi connectivity index (χ2n) is 4.78. The van der Waals surface area contributed by atoms with Crippen LogP contribution in [0.25, 0.3) is 0 Å². The highest BCUT2D eigenvalue weighted by Gasteiger charge is 2.02. The Morgan fingerprint density at radius 1 is 0.955 bits per heavy atom. The Kier molecular flexibility index (Phi) is 6.40. The molecule has 0 unspecified atom stereocenters. The number of halogens is 2. The third-order valence-electron chi connectivity index (χ3n) is 3.06. The highest BCUT2D eigenvalue weighted by molar-refractivity contribution is 7.99. The lowest BCUT2D eigenvalue weighted by molar-refractivity contribution is -0.120. The number of rotatable bonds is 7. The maximum absolute atomic E-state index is 12.7. The summed E-state index contributed by atoms with van der Waals surface area (Å²) in [7, 11) is 0. The minimum absolute atomic E-state index is 0.0169. The molecule has 0 aliphatic carbocycles. The highest BCUT2D eigenvalue weighted by atomic mass is 32.2. The summed E-state index contributed by atoms with van der Waals surface area (Å²) in [6.45, 7) is 0.533. The Morgan fingerprint density at radius 2 is 1.55 bits per heavy atom. The van der Waals surface area contributed by atoms with Gasteiger partial charge >= 0.3 is 0 Å². The van der Waals surface area contributed by atoms with Gasteiger partial charge in [-0.2, -0.15) is 0 Å². The van der Waals surface area contributed by atoms with Gasteiger partial charge in [-0.05, 0) is 48.4 Å². The second kappa shape index (κ2) is 8.54. The van der Waals surface area contributed by atoms with E-state index in [9.17, 15) is 13.6 Å². The van der Waals surface area contributed by atoms with E-state index in [-0.39, 0.29) is 17.5 Å². The number of carbonyl (C=O) groups is 1. The van der Waals surface area contributed by atoms with Crippen molar-refractivity contribution in [3.05, 3.63) is 65.7 Å². The highest BCUT2D eigenvalue weighted by Crippen LogP contribution is 2.18. The molecule has 1 amide bonds. The average molecular weight is 321 g/mol. The molecule has 0 heterocycles. The molecule has 0 fully saturated rings. The van der Waals surface area contributed by atoms with E-state index in [1.807, 2.05) is 0 Å². The topological polar surface area (TPSA) is 29.1 Å². The normalized spacial score (nSPS) is 10.5. The monoisotopic (exact) mass is 321 g/mol. The number of hydrogen-bond acceptors (Lipinski definition) is 2. The second-order valence-corrected chi connectivity index (χ2v) is 5.95. The Balaban J connectivity index is 1.61. The summed E-state index contributed by atoms with van der Waals surface area (Å²) < 4.78 is 25.5. The summed E-state index contributed by atoms with van der Waals surface area (Å²) >= 11 is 1.52. The molecule has 2 nitrogen and oxygen atoms in total. The van der Waals surface area contributed by atoms with E-state index in [0.29, 0.717) is 25.1 Å². The fraction of sp³-hybridized carbons (Fsp3) is 0.235. The zero-order chi connectivity index (χ0) is 15.8. The molecule has 22 heavy (non-hydrogen) atoms. The van der Waals surface area contributed by atoms with Crippen LogP contribution in [-0.2, 0) is 11.2 Å². The van der Waals surface area contributed by atoms with Gasteiger partial charge < -0.3 is 5.32 Å². The number of amides is 1. The minimum atomic E-state index is -0.261. The van der Waals surface area contributed by atoms with Gasteiger partial charge in [0.1, 0.15) is 11.6 Å². The van der Waals surface area contributed by atoms with Crippen molar-refractivity contribution in [2.75, 3.05) is 12.3 Å². The lowest BCUT2D eigenvalue weighted by Crippen LogP contribution is -2.25. The molecule has 0 bridgehead atoms. The van der Waals surface area contributed by atoms with E-state index in [0.717, 1.165) is 10.5 Å². The predicted octanol–water partition coefficient (Wildman–Crippen LogP) is 3.81. The van der Waals surface area contributed by atoms with Crippen LogP contribution in [0.3, 0.4) is 0 Å². The molecule has 1 N–H and O–H groups in total. The first kappa shape index (κ1) is 16.5. The van der Waals surface area contributed by atoms with E-state index in [1.165, 1.54) is 36.0 Å². The lowest BCUT2D eigenvalue weighted by atomic mass is 10.1. The van der Waals surface area contributed by atoms with Crippen LogP contribution in [0.5, 0.6) is 0 Å². The lowest BCUT2D eigenvalue weighted by Gasteiger charge is -2.05. The van der Waals surface area contributed by atoms with Gasteiger partial charge in [0.05, 0.1) is 0 Å². The van der Waals surface area contributed by atoms with E-state index in [2.05, 4.69) is 5.32 Å². The van der Waals surface area contributed by atoms with E-state index in [4.69, 9.17) is 0 Å². The fourth-order valence-corrected chi connectivity index (χ4v) is 2.73. The molecule has 2 rings (SSSR count). The summed E-state index contributed by atoms with van der Waals surface area (Å²) in [4.78, 5) is 12.6. The molecule has 0 aliphatic rings. The molecule has 2 aromatic carbocycles. The van der Waals surface area contributed by atoms with Gasteiger partial charge in [0.25, 0.3) is 0 Å². The van der Waals surface area contributed by atoms with Crippen molar-refractivity contribution in [2.45, 2.75) is 17.7 Å². The molecule has 0 saturated carbocycles. The molecule has 0 saturated heterocycles.